The summed E-state index contributed by atoms with van der Waals surface area (Å²) in [5.74, 6) is 0.0843. The molecule has 2 heterocycles. The van der Waals surface area contributed by atoms with Gasteiger partial charge in [0.1, 0.15) is 18.3 Å². The molecule has 13 heteroatoms. The van der Waals surface area contributed by atoms with Crippen LogP contribution >= 0.6 is 0 Å². The Labute approximate surface area is 271 Å². The van der Waals surface area contributed by atoms with Gasteiger partial charge >= 0.3 is 16.4 Å². The van der Waals surface area contributed by atoms with E-state index in [-0.39, 0.29) is 23.4 Å². The van der Waals surface area contributed by atoms with Crippen LogP contribution in [0.25, 0.3) is 0 Å². The molecule has 5 N–H and O–H groups in total. The van der Waals surface area contributed by atoms with E-state index < -0.39 is 64.7 Å². The Kier molecular flexibility index (Phi) is 9.29. The van der Waals surface area contributed by atoms with Gasteiger partial charge in [0.05, 0.1) is 24.4 Å². The SMILES string of the molecule is CC(C)CC1OC1C(C)C1CCC2C3CC(OS(=O)(=O)O)C4CC(OC5OC(C(=O)O)C(O)C(O)C5O)CCC4(C)C3=CCC21C. The summed E-state index contributed by atoms with van der Waals surface area (Å²) in [4.78, 5) is 11.6. The lowest BCUT2D eigenvalue weighted by molar-refractivity contribution is -0.309. The minimum atomic E-state index is -4.77. The third-order valence-electron chi connectivity index (χ3n) is 12.9. The maximum atomic E-state index is 12.2. The van der Waals surface area contributed by atoms with Crippen molar-refractivity contribution in [1.82, 2.24) is 0 Å². The Morgan fingerprint density at radius 2 is 1.74 bits per heavy atom. The fourth-order valence-corrected chi connectivity index (χ4v) is 11.2. The first-order chi connectivity index (χ1) is 21.4. The maximum Gasteiger partial charge on any atom is 0.397 e. The van der Waals surface area contributed by atoms with Crippen molar-refractivity contribution < 1.29 is 56.6 Å². The molecule has 3 saturated carbocycles. The molecule has 0 spiro atoms. The van der Waals surface area contributed by atoms with Gasteiger partial charge in [-0.15, -0.1) is 0 Å². The van der Waals surface area contributed by atoms with Crippen LogP contribution in [0.1, 0.15) is 86.0 Å². The van der Waals surface area contributed by atoms with Crippen LogP contribution in [-0.4, -0.2) is 94.5 Å². The lowest BCUT2D eigenvalue weighted by atomic mass is 9.47. The smallest absolute Gasteiger partial charge is 0.397 e. The van der Waals surface area contributed by atoms with Gasteiger partial charge in [0, 0.05) is 0 Å². The number of fused-ring (bicyclic) bond motifs is 5. The molecule has 46 heavy (non-hydrogen) atoms. The number of allylic oxidation sites excluding steroid dienone is 2. The molecule has 16 atom stereocenters. The average molecular weight is 673 g/mol. The molecule has 6 aliphatic rings. The lowest BCUT2D eigenvalue weighted by Gasteiger charge is -2.59. The number of ether oxygens (including phenoxy) is 3. The van der Waals surface area contributed by atoms with Crippen molar-refractivity contribution in [1.29, 1.82) is 0 Å². The summed E-state index contributed by atoms with van der Waals surface area (Å²) >= 11 is 0. The predicted molar refractivity (Wildman–Crippen MR) is 163 cm³/mol. The second kappa shape index (κ2) is 12.3. The van der Waals surface area contributed by atoms with Gasteiger partial charge in [-0.2, -0.15) is 8.42 Å². The number of hydrogen-bond donors (Lipinski definition) is 5. The van der Waals surface area contributed by atoms with Gasteiger partial charge in [-0.25, -0.2) is 8.98 Å². The molecule has 4 aliphatic carbocycles. The molecule has 0 bridgehead atoms. The van der Waals surface area contributed by atoms with Gasteiger partial charge < -0.3 is 34.6 Å². The number of carboxylic acids is 1. The molecule has 0 radical (unpaired) electrons. The highest BCUT2D eigenvalue weighted by molar-refractivity contribution is 7.80. The fraction of sp³-hybridized carbons (Fsp3) is 0.909. The van der Waals surface area contributed by atoms with Crippen molar-refractivity contribution in [2.45, 2.75) is 141 Å². The second-order valence-electron chi connectivity index (χ2n) is 16.0. The van der Waals surface area contributed by atoms with Crippen molar-refractivity contribution in [3.8, 4) is 0 Å². The predicted octanol–water partition coefficient (Wildman–Crippen LogP) is 3.09. The average Bonchev–Trinajstić information content (AvgIpc) is 3.62. The van der Waals surface area contributed by atoms with Gasteiger partial charge in [0.25, 0.3) is 0 Å². The quantitative estimate of drug-likeness (QED) is 0.104. The second-order valence-corrected chi connectivity index (χ2v) is 17.0. The van der Waals surface area contributed by atoms with Gasteiger partial charge in [-0.1, -0.05) is 46.3 Å². The number of aliphatic carboxylic acids is 1. The van der Waals surface area contributed by atoms with E-state index in [4.69, 9.17) is 18.4 Å². The lowest BCUT2D eigenvalue weighted by Crippen LogP contribution is -2.61. The molecule has 0 aromatic heterocycles. The van der Waals surface area contributed by atoms with E-state index in [0.29, 0.717) is 55.5 Å². The number of hydrogen-bond acceptors (Lipinski definition) is 10. The molecule has 5 fully saturated rings. The number of carbonyl (C=O) groups is 1. The topological polar surface area (TPSA) is 193 Å². The third kappa shape index (κ3) is 6.10. The Hall–Kier alpha value is -1.16. The van der Waals surface area contributed by atoms with Crippen LogP contribution in [0.5, 0.6) is 0 Å². The summed E-state index contributed by atoms with van der Waals surface area (Å²) in [7, 11) is -4.77. The first-order valence-corrected chi connectivity index (χ1v) is 18.4. The molecule has 0 amide bonds. The zero-order valence-corrected chi connectivity index (χ0v) is 28.2. The van der Waals surface area contributed by atoms with Crippen molar-refractivity contribution in [3.63, 3.8) is 0 Å². The van der Waals surface area contributed by atoms with Gasteiger partial charge in [0.2, 0.25) is 0 Å². The summed E-state index contributed by atoms with van der Waals surface area (Å²) in [6.07, 6.45) is -0.965. The summed E-state index contributed by atoms with van der Waals surface area (Å²) in [6.45, 7) is 11.3. The van der Waals surface area contributed by atoms with Crippen molar-refractivity contribution in [2.75, 3.05) is 0 Å². The highest BCUT2D eigenvalue weighted by Crippen LogP contribution is 2.67. The van der Waals surface area contributed by atoms with Crippen LogP contribution in [0.3, 0.4) is 0 Å². The molecular formula is C33H52O12S. The molecule has 16 unspecified atom stereocenters. The first kappa shape index (κ1) is 34.7. The summed E-state index contributed by atoms with van der Waals surface area (Å²) in [5.41, 5.74) is 0.922. The van der Waals surface area contributed by atoms with Crippen molar-refractivity contribution in [2.24, 2.45) is 46.3 Å². The zero-order valence-electron chi connectivity index (χ0n) is 27.4. The number of rotatable bonds is 9. The van der Waals surface area contributed by atoms with Crippen LogP contribution in [0.2, 0.25) is 0 Å². The van der Waals surface area contributed by atoms with Crippen molar-refractivity contribution >= 4 is 16.4 Å². The number of aliphatic hydroxyl groups is 3. The van der Waals surface area contributed by atoms with E-state index in [2.05, 4.69) is 40.7 Å². The van der Waals surface area contributed by atoms with Crippen LogP contribution in [-0.2, 0) is 33.6 Å². The molecule has 12 nitrogen and oxygen atoms in total. The van der Waals surface area contributed by atoms with E-state index >= 15 is 0 Å². The molecule has 2 saturated heterocycles. The molecule has 0 aromatic carbocycles. The van der Waals surface area contributed by atoms with E-state index in [0.717, 1.165) is 25.7 Å². The Balaban J connectivity index is 1.23. The van der Waals surface area contributed by atoms with Crippen LogP contribution in [0.4, 0.5) is 0 Å². The molecule has 6 rings (SSSR count). The van der Waals surface area contributed by atoms with Gasteiger partial charge in [-0.05, 0) is 97.7 Å². The highest BCUT2D eigenvalue weighted by atomic mass is 32.3. The van der Waals surface area contributed by atoms with E-state index in [1.807, 2.05) is 0 Å². The summed E-state index contributed by atoms with van der Waals surface area (Å²) in [6, 6.07) is 0. The standard InChI is InChI=1S/C33H52O12S/c1-15(2)12-24-28(43-24)16(3)19-6-7-20-18-14-23(45-46(39,40)41)22-13-17(8-10-33(22,5)21(18)9-11-32(19,20)4)42-31-27(36)25(34)26(35)29(44-31)30(37)38/h9,15-20,22-29,31,34-36H,6-8,10-14H2,1-5H3,(H,37,38)(H,39,40,41). The largest absolute Gasteiger partial charge is 0.479 e. The Bertz CT molecular complexity index is 1300. The van der Waals surface area contributed by atoms with Gasteiger partial charge in [0.15, 0.2) is 12.4 Å². The number of epoxide rings is 1. The van der Waals surface area contributed by atoms with Crippen LogP contribution in [0.15, 0.2) is 11.6 Å². The Morgan fingerprint density at radius 1 is 1.02 bits per heavy atom. The molecule has 0 aromatic rings. The number of aliphatic hydroxyl groups excluding tert-OH is 3. The van der Waals surface area contributed by atoms with Gasteiger partial charge in [-0.3, -0.25) is 4.55 Å². The molecule has 262 valence electrons. The highest BCUT2D eigenvalue weighted by Gasteiger charge is 2.62. The third-order valence-corrected chi connectivity index (χ3v) is 13.4. The van der Waals surface area contributed by atoms with E-state index in [1.54, 1.807) is 0 Å². The van der Waals surface area contributed by atoms with E-state index in [9.17, 15) is 38.2 Å². The molecule has 2 aliphatic heterocycles. The summed E-state index contributed by atoms with van der Waals surface area (Å²) in [5, 5.41) is 40.3. The monoisotopic (exact) mass is 672 g/mol. The van der Waals surface area contributed by atoms with E-state index in [1.165, 1.54) is 5.57 Å². The van der Waals surface area contributed by atoms with Crippen molar-refractivity contribution in [3.05, 3.63) is 11.6 Å². The normalized spacial score (nSPS) is 49.4. The van der Waals surface area contributed by atoms with Crippen LogP contribution in [0, 0.1) is 46.3 Å². The zero-order chi connectivity index (χ0) is 33.5. The minimum absolute atomic E-state index is 0.0363. The minimum Gasteiger partial charge on any atom is -0.479 e. The number of carboxylic acid groups (broad SMARTS) is 1. The Morgan fingerprint density at radius 3 is 2.39 bits per heavy atom. The summed E-state index contributed by atoms with van der Waals surface area (Å²) < 4.78 is 57.3. The first-order valence-electron chi connectivity index (χ1n) is 17.0. The maximum absolute atomic E-state index is 12.2. The van der Waals surface area contributed by atoms with Crippen LogP contribution < -0.4 is 0 Å². The fourth-order valence-electron chi connectivity index (χ4n) is 10.7. The molecular weight excluding hydrogens is 620 g/mol.